The molecule has 2 aromatic heterocycles. The van der Waals surface area contributed by atoms with Crippen molar-refractivity contribution in [2.75, 3.05) is 20.1 Å². The summed E-state index contributed by atoms with van der Waals surface area (Å²) in [5.74, 6) is -1.07. The molecule has 1 aliphatic rings. The molecular weight excluding hydrogens is 510 g/mol. The predicted molar refractivity (Wildman–Crippen MR) is 143 cm³/mol. The van der Waals surface area contributed by atoms with E-state index in [4.69, 9.17) is 16.3 Å². The third-order valence-corrected chi connectivity index (χ3v) is 7.24. The molecule has 0 atom stereocenters. The maximum atomic E-state index is 13.9. The number of aryl methyl sites for hydroxylation is 4. The number of hydrogen-bond donors (Lipinski definition) is 0. The number of halogens is 1. The van der Waals surface area contributed by atoms with E-state index in [1.807, 2.05) is 11.9 Å². The normalized spacial score (nSPS) is 14.1. The summed E-state index contributed by atoms with van der Waals surface area (Å²) < 4.78 is 9.42. The zero-order chi connectivity index (χ0) is 27.5. The molecule has 5 rings (SSSR count). The van der Waals surface area contributed by atoms with E-state index in [1.54, 1.807) is 58.3 Å². The van der Waals surface area contributed by atoms with Crippen molar-refractivity contribution in [1.29, 1.82) is 0 Å². The van der Waals surface area contributed by atoms with Crippen LogP contribution in [0.5, 0.6) is 5.88 Å². The number of benzene rings is 2. The van der Waals surface area contributed by atoms with Gasteiger partial charge in [-0.1, -0.05) is 17.7 Å². The van der Waals surface area contributed by atoms with Crippen LogP contribution in [-0.2, 0) is 18.9 Å². The second-order valence-corrected chi connectivity index (χ2v) is 10.1. The summed E-state index contributed by atoms with van der Waals surface area (Å²) in [4.78, 5) is 55.3. The van der Waals surface area contributed by atoms with Gasteiger partial charge < -0.3 is 9.64 Å². The Morgan fingerprint density at radius 3 is 2.42 bits per heavy atom. The van der Waals surface area contributed by atoms with Crippen LogP contribution in [-0.4, -0.2) is 55.7 Å². The molecule has 3 heterocycles. The Bertz CT molecular complexity index is 1760. The first kappa shape index (κ1) is 25.6. The molecule has 1 aliphatic heterocycles. The minimum Gasteiger partial charge on any atom is -0.407 e. The largest absolute Gasteiger partial charge is 0.407 e. The van der Waals surface area contributed by atoms with Crippen LogP contribution in [0.3, 0.4) is 0 Å². The number of ether oxygens (including phenoxy) is 1. The summed E-state index contributed by atoms with van der Waals surface area (Å²) >= 11 is 6.12. The van der Waals surface area contributed by atoms with E-state index in [0.717, 1.165) is 4.57 Å². The number of ketones is 1. The molecule has 1 fully saturated rings. The van der Waals surface area contributed by atoms with Crippen molar-refractivity contribution in [3.8, 4) is 11.6 Å². The predicted octanol–water partition coefficient (Wildman–Crippen LogP) is 2.39. The fourth-order valence-electron chi connectivity index (χ4n) is 4.96. The molecule has 0 saturated carbocycles. The minimum atomic E-state index is -0.568. The number of nitrogens with zero attached hydrogens (tertiary/aromatic N) is 5. The Morgan fingerprint density at radius 2 is 1.76 bits per heavy atom. The van der Waals surface area contributed by atoms with Gasteiger partial charge >= 0.3 is 11.7 Å². The summed E-state index contributed by atoms with van der Waals surface area (Å²) in [7, 11) is 5.07. The second-order valence-electron chi connectivity index (χ2n) is 9.65. The van der Waals surface area contributed by atoms with Crippen molar-refractivity contribution in [1.82, 2.24) is 23.8 Å². The van der Waals surface area contributed by atoms with Crippen LogP contribution >= 0.6 is 11.6 Å². The maximum absolute atomic E-state index is 13.9. The van der Waals surface area contributed by atoms with E-state index in [-0.39, 0.29) is 28.3 Å². The van der Waals surface area contributed by atoms with Gasteiger partial charge in [-0.2, -0.15) is 5.10 Å². The van der Waals surface area contributed by atoms with Crippen LogP contribution in [0.1, 0.15) is 27.2 Å². The molecule has 0 bridgehead atoms. The molecule has 2 aromatic carbocycles. The van der Waals surface area contributed by atoms with Crippen molar-refractivity contribution >= 4 is 34.3 Å². The van der Waals surface area contributed by atoms with E-state index in [2.05, 4.69) is 5.10 Å². The van der Waals surface area contributed by atoms with Gasteiger partial charge in [0.15, 0.2) is 0 Å². The van der Waals surface area contributed by atoms with Gasteiger partial charge in [0, 0.05) is 37.8 Å². The number of esters is 1. The van der Waals surface area contributed by atoms with Gasteiger partial charge in [-0.25, -0.2) is 14.0 Å². The van der Waals surface area contributed by atoms with Gasteiger partial charge in [0.2, 0.25) is 11.7 Å². The van der Waals surface area contributed by atoms with Crippen LogP contribution < -0.4 is 16.0 Å². The zero-order valence-corrected chi connectivity index (χ0v) is 22.4. The van der Waals surface area contributed by atoms with Gasteiger partial charge in [-0.3, -0.25) is 19.0 Å². The van der Waals surface area contributed by atoms with E-state index < -0.39 is 23.0 Å². The number of aromatic nitrogens is 4. The summed E-state index contributed by atoms with van der Waals surface area (Å²) in [6, 6.07) is 9.58. The molecule has 0 amide bonds. The maximum Gasteiger partial charge on any atom is 0.335 e. The minimum absolute atomic E-state index is 0.0587. The van der Waals surface area contributed by atoms with Crippen molar-refractivity contribution in [3.63, 3.8) is 0 Å². The third-order valence-electron chi connectivity index (χ3n) is 7.00. The Balaban J connectivity index is 1.65. The van der Waals surface area contributed by atoms with E-state index in [9.17, 15) is 19.2 Å². The number of rotatable bonds is 5. The van der Waals surface area contributed by atoms with Crippen molar-refractivity contribution < 1.29 is 14.3 Å². The molecule has 0 N–H and O–H groups in total. The third kappa shape index (κ3) is 4.06. The summed E-state index contributed by atoms with van der Waals surface area (Å²) in [5.41, 5.74) is 0.769. The molecule has 38 heavy (non-hydrogen) atoms. The molecule has 0 unspecified atom stereocenters. The average Bonchev–Trinajstić information content (AvgIpc) is 3.12. The van der Waals surface area contributed by atoms with E-state index >= 15 is 0 Å². The lowest BCUT2D eigenvalue weighted by atomic mass is 9.96. The molecule has 10 nitrogen and oxygen atoms in total. The lowest BCUT2D eigenvalue weighted by Crippen LogP contribution is -2.49. The first-order chi connectivity index (χ1) is 18.0. The first-order valence-corrected chi connectivity index (χ1v) is 12.4. The van der Waals surface area contributed by atoms with Crippen LogP contribution in [0.2, 0.25) is 5.02 Å². The van der Waals surface area contributed by atoms with Crippen LogP contribution in [0.25, 0.3) is 16.6 Å². The Morgan fingerprint density at radius 1 is 1.05 bits per heavy atom. The number of carbonyl (C=O) groups excluding carboxylic acids is 2. The SMILES string of the molecule is Cc1nn(C)c(OC(=O)C2CN(C)C2)c1C(=O)c1ccc2c(c1C)c(=O)n(-c1cccc(Cl)c1)c(=O)n2C. The fraction of sp³-hybridized carbons (Fsp3) is 0.296. The highest BCUT2D eigenvalue weighted by Crippen LogP contribution is 2.29. The van der Waals surface area contributed by atoms with E-state index in [0.29, 0.717) is 40.6 Å². The van der Waals surface area contributed by atoms with Crippen molar-refractivity contribution in [2.45, 2.75) is 13.8 Å². The smallest absolute Gasteiger partial charge is 0.335 e. The monoisotopic (exact) mass is 535 g/mol. The quantitative estimate of drug-likeness (QED) is 0.285. The summed E-state index contributed by atoms with van der Waals surface area (Å²) in [5, 5.41) is 4.90. The van der Waals surface area contributed by atoms with Crippen molar-refractivity contribution in [3.05, 3.63) is 84.6 Å². The van der Waals surface area contributed by atoms with Gasteiger partial charge in [-0.05, 0) is 56.8 Å². The summed E-state index contributed by atoms with van der Waals surface area (Å²) in [6.45, 7) is 4.49. The summed E-state index contributed by atoms with van der Waals surface area (Å²) in [6.07, 6.45) is 0. The Hall–Kier alpha value is -4.02. The molecule has 1 saturated heterocycles. The number of carbonyl (C=O) groups is 2. The van der Waals surface area contributed by atoms with Crippen molar-refractivity contribution in [2.24, 2.45) is 20.0 Å². The number of likely N-dealkylation sites (tertiary alicyclic amines) is 1. The van der Waals surface area contributed by atoms with Gasteiger partial charge in [-0.15, -0.1) is 0 Å². The molecule has 11 heteroatoms. The lowest BCUT2D eigenvalue weighted by Gasteiger charge is -2.33. The molecule has 0 spiro atoms. The second kappa shape index (κ2) is 9.38. The molecular formula is C27H26ClN5O5. The van der Waals surface area contributed by atoms with Gasteiger partial charge in [0.05, 0.1) is 28.2 Å². The number of hydrogen-bond acceptors (Lipinski definition) is 7. The van der Waals surface area contributed by atoms with Gasteiger partial charge in [0.1, 0.15) is 5.56 Å². The molecule has 196 valence electrons. The Labute approximate surface area is 222 Å². The van der Waals surface area contributed by atoms with Crippen LogP contribution in [0, 0.1) is 19.8 Å². The van der Waals surface area contributed by atoms with Gasteiger partial charge in [0.25, 0.3) is 5.56 Å². The zero-order valence-electron chi connectivity index (χ0n) is 21.6. The fourth-order valence-corrected chi connectivity index (χ4v) is 5.15. The molecule has 0 radical (unpaired) electrons. The van der Waals surface area contributed by atoms with Crippen LogP contribution in [0.4, 0.5) is 0 Å². The van der Waals surface area contributed by atoms with Crippen LogP contribution in [0.15, 0.2) is 46.0 Å². The standard InChI is InChI=1S/C27H26ClN5O5/c1-14-19(23(34)22-15(2)29-32(5)25(22)38-26(36)16-12-30(3)13-16)9-10-20-21(14)24(35)33(27(37)31(20)4)18-8-6-7-17(28)11-18/h6-11,16H,12-13H2,1-5H3. The lowest BCUT2D eigenvalue weighted by molar-refractivity contribution is -0.144. The van der Waals surface area contributed by atoms with E-state index in [1.165, 1.54) is 15.3 Å². The highest BCUT2D eigenvalue weighted by Gasteiger charge is 2.34. The first-order valence-electron chi connectivity index (χ1n) is 12.0. The number of fused-ring (bicyclic) bond motifs is 1. The Kier molecular flexibility index (Phi) is 6.32. The highest BCUT2D eigenvalue weighted by atomic mass is 35.5. The average molecular weight is 536 g/mol. The highest BCUT2D eigenvalue weighted by molar-refractivity contribution is 6.30. The molecule has 0 aliphatic carbocycles. The molecule has 4 aromatic rings. The topological polar surface area (TPSA) is 108 Å².